The zero-order valence-electron chi connectivity index (χ0n) is 17.2. The van der Waals surface area contributed by atoms with E-state index in [4.69, 9.17) is 13.6 Å². The van der Waals surface area contributed by atoms with Crippen LogP contribution in [0.2, 0.25) is 0 Å². The van der Waals surface area contributed by atoms with Crippen molar-refractivity contribution in [2.75, 3.05) is 12.0 Å². The maximum absolute atomic E-state index is 12.8. The van der Waals surface area contributed by atoms with Crippen molar-refractivity contribution < 1.29 is 23.2 Å². The Morgan fingerprint density at radius 1 is 1.23 bits per heavy atom. The van der Waals surface area contributed by atoms with Gasteiger partial charge in [0.15, 0.2) is 0 Å². The van der Waals surface area contributed by atoms with E-state index in [9.17, 15) is 9.59 Å². The lowest BCUT2D eigenvalue weighted by Gasteiger charge is -2.24. The van der Waals surface area contributed by atoms with Crippen molar-refractivity contribution in [3.8, 4) is 0 Å². The zero-order valence-corrected chi connectivity index (χ0v) is 17.2. The summed E-state index contributed by atoms with van der Waals surface area (Å²) in [5.41, 5.74) is 3.32. The van der Waals surface area contributed by atoms with Crippen LogP contribution in [0.15, 0.2) is 51.5 Å². The van der Waals surface area contributed by atoms with E-state index in [1.807, 2.05) is 12.1 Å². The van der Waals surface area contributed by atoms with Gasteiger partial charge in [-0.15, -0.1) is 0 Å². The molecule has 0 bridgehead atoms. The molecule has 1 N–H and O–H groups in total. The minimum Gasteiger partial charge on any atom is -0.467 e. The molecule has 1 aliphatic rings. The normalized spacial score (nSPS) is 15.2. The molecule has 30 heavy (non-hydrogen) atoms. The molecule has 7 nitrogen and oxygen atoms in total. The molecule has 0 aliphatic carbocycles. The number of nitrogens with zero attached hydrogens (tertiary/aromatic N) is 1. The number of aryl methyl sites for hydroxylation is 1. The van der Waals surface area contributed by atoms with Crippen molar-refractivity contribution in [3.63, 3.8) is 0 Å². The van der Waals surface area contributed by atoms with Gasteiger partial charge >= 0.3 is 5.97 Å². The Kier molecular flexibility index (Phi) is 5.35. The summed E-state index contributed by atoms with van der Waals surface area (Å²) in [4.78, 5) is 26.7. The molecular formula is C23H24N2O5. The molecule has 0 radical (unpaired) electrons. The number of benzene rings is 1. The first-order valence-electron chi connectivity index (χ1n) is 9.84. The van der Waals surface area contributed by atoms with Crippen molar-refractivity contribution in [1.29, 1.82) is 0 Å². The van der Waals surface area contributed by atoms with Crippen molar-refractivity contribution in [3.05, 3.63) is 76.6 Å². The molecule has 156 valence electrons. The van der Waals surface area contributed by atoms with Gasteiger partial charge in [0.05, 0.1) is 32.0 Å². The Hall–Kier alpha value is -3.48. The number of hydrogen-bond donors (Lipinski definition) is 1. The van der Waals surface area contributed by atoms with Crippen LogP contribution in [0.25, 0.3) is 0 Å². The molecule has 1 aliphatic heterocycles. The minimum atomic E-state index is -0.467. The van der Waals surface area contributed by atoms with E-state index in [0.29, 0.717) is 41.0 Å². The second kappa shape index (κ2) is 8.10. The van der Waals surface area contributed by atoms with Gasteiger partial charge in [0.2, 0.25) is 0 Å². The van der Waals surface area contributed by atoms with Gasteiger partial charge in [-0.2, -0.15) is 0 Å². The quantitative estimate of drug-likeness (QED) is 0.624. The highest BCUT2D eigenvalue weighted by molar-refractivity contribution is 5.95. The maximum atomic E-state index is 12.8. The fourth-order valence-electron chi connectivity index (χ4n) is 3.90. The van der Waals surface area contributed by atoms with Crippen LogP contribution in [-0.2, 0) is 24.2 Å². The van der Waals surface area contributed by atoms with Gasteiger partial charge in [-0.1, -0.05) is 18.2 Å². The molecule has 0 spiro atoms. The highest BCUT2D eigenvalue weighted by Gasteiger charge is 2.28. The molecule has 1 amide bonds. The molecule has 3 heterocycles. The number of furan rings is 2. The predicted octanol–water partition coefficient (Wildman–Crippen LogP) is 3.85. The number of para-hydroxylation sites is 1. The molecule has 0 saturated heterocycles. The van der Waals surface area contributed by atoms with Gasteiger partial charge in [0.25, 0.3) is 5.91 Å². The van der Waals surface area contributed by atoms with E-state index in [0.717, 1.165) is 6.42 Å². The van der Waals surface area contributed by atoms with E-state index in [1.165, 1.54) is 24.6 Å². The van der Waals surface area contributed by atoms with Crippen LogP contribution in [0.1, 0.15) is 50.5 Å². The lowest BCUT2D eigenvalue weighted by atomic mass is 10.1. The number of fused-ring (bicyclic) bond motifs is 1. The Morgan fingerprint density at radius 3 is 2.83 bits per heavy atom. The fourth-order valence-corrected chi connectivity index (χ4v) is 3.90. The third kappa shape index (κ3) is 3.70. The summed E-state index contributed by atoms with van der Waals surface area (Å²) in [6, 6.07) is 11.9. The number of esters is 1. The summed E-state index contributed by atoms with van der Waals surface area (Å²) in [5.74, 6) is 0.825. The van der Waals surface area contributed by atoms with Crippen LogP contribution in [0.3, 0.4) is 0 Å². The van der Waals surface area contributed by atoms with Crippen LogP contribution >= 0.6 is 0 Å². The zero-order chi connectivity index (χ0) is 21.3. The summed E-state index contributed by atoms with van der Waals surface area (Å²) in [5, 5.41) is 2.83. The molecule has 1 atom stereocenters. The molecular weight excluding hydrogens is 384 g/mol. The highest BCUT2D eigenvalue weighted by Crippen LogP contribution is 2.33. The summed E-state index contributed by atoms with van der Waals surface area (Å²) < 4.78 is 15.9. The lowest BCUT2D eigenvalue weighted by Crippen LogP contribution is -2.30. The molecule has 1 unspecified atom stereocenters. The maximum Gasteiger partial charge on any atom is 0.341 e. The van der Waals surface area contributed by atoms with Crippen molar-refractivity contribution in [2.45, 2.75) is 39.4 Å². The second-order valence-electron chi connectivity index (χ2n) is 7.42. The molecule has 2 aromatic heterocycles. The topological polar surface area (TPSA) is 84.9 Å². The summed E-state index contributed by atoms with van der Waals surface area (Å²) in [6.45, 7) is 4.52. The highest BCUT2D eigenvalue weighted by atomic mass is 16.5. The second-order valence-corrected chi connectivity index (χ2v) is 7.42. The van der Waals surface area contributed by atoms with Crippen LogP contribution in [0, 0.1) is 6.92 Å². The number of carbonyl (C=O) groups is 2. The van der Waals surface area contributed by atoms with Gasteiger partial charge in [-0.05, 0) is 44.0 Å². The van der Waals surface area contributed by atoms with Crippen molar-refractivity contribution in [2.24, 2.45) is 0 Å². The number of hydrogen-bond acceptors (Lipinski definition) is 6. The lowest BCUT2D eigenvalue weighted by molar-refractivity contribution is 0.0598. The first kappa shape index (κ1) is 19.8. The third-order valence-electron chi connectivity index (χ3n) is 5.45. The van der Waals surface area contributed by atoms with E-state index in [1.54, 1.807) is 19.1 Å². The number of rotatable bonds is 6. The van der Waals surface area contributed by atoms with E-state index < -0.39 is 5.97 Å². The standard InChI is InChI=1S/C23H24N2O5/c1-14-10-16-6-4-5-7-20(16)25(14)13-21-18(8-9-29-21)22(26)24-12-17-11-19(15(2)30-17)23(27)28-3/h4-9,11,14H,10,12-13H2,1-3H3,(H,24,26). The van der Waals surface area contributed by atoms with E-state index >= 15 is 0 Å². The summed E-state index contributed by atoms with van der Waals surface area (Å²) in [7, 11) is 1.32. The van der Waals surface area contributed by atoms with Crippen LogP contribution in [-0.4, -0.2) is 25.0 Å². The van der Waals surface area contributed by atoms with Crippen LogP contribution in [0.5, 0.6) is 0 Å². The van der Waals surface area contributed by atoms with E-state index in [-0.39, 0.29) is 12.5 Å². The van der Waals surface area contributed by atoms with E-state index in [2.05, 4.69) is 29.3 Å². The molecule has 7 heteroatoms. The van der Waals surface area contributed by atoms with Crippen LogP contribution in [0.4, 0.5) is 5.69 Å². The molecule has 3 aromatic rings. The predicted molar refractivity (Wildman–Crippen MR) is 110 cm³/mol. The minimum absolute atomic E-state index is 0.157. The van der Waals surface area contributed by atoms with Crippen LogP contribution < -0.4 is 10.2 Å². The number of amides is 1. The number of methoxy groups -OCH3 is 1. The smallest absolute Gasteiger partial charge is 0.341 e. The Labute approximate surface area is 174 Å². The number of ether oxygens (including phenoxy) is 1. The first-order chi connectivity index (χ1) is 14.5. The van der Waals surface area contributed by atoms with Gasteiger partial charge in [0, 0.05) is 11.7 Å². The van der Waals surface area contributed by atoms with Crippen molar-refractivity contribution in [1.82, 2.24) is 5.32 Å². The molecule has 1 aromatic carbocycles. The van der Waals surface area contributed by atoms with Gasteiger partial charge in [0.1, 0.15) is 22.8 Å². The average Bonchev–Trinajstić information content (AvgIpc) is 3.44. The van der Waals surface area contributed by atoms with Gasteiger partial charge in [-0.25, -0.2) is 4.79 Å². The Balaban J connectivity index is 1.45. The van der Waals surface area contributed by atoms with Crippen molar-refractivity contribution >= 4 is 17.6 Å². The molecule has 0 saturated carbocycles. The Bertz CT molecular complexity index is 1080. The number of anilines is 1. The molecule has 0 fully saturated rings. The Morgan fingerprint density at radius 2 is 2.03 bits per heavy atom. The largest absolute Gasteiger partial charge is 0.467 e. The fraction of sp³-hybridized carbons (Fsp3) is 0.304. The first-order valence-corrected chi connectivity index (χ1v) is 9.84. The summed E-state index contributed by atoms with van der Waals surface area (Å²) in [6.07, 6.45) is 2.50. The SMILES string of the molecule is COC(=O)c1cc(CNC(=O)c2ccoc2CN2c3ccccc3CC2C)oc1C. The summed E-state index contributed by atoms with van der Waals surface area (Å²) >= 11 is 0. The number of nitrogens with one attached hydrogen (secondary N) is 1. The van der Waals surface area contributed by atoms with Gasteiger partial charge in [-0.3, -0.25) is 4.79 Å². The average molecular weight is 408 g/mol. The number of carbonyl (C=O) groups excluding carboxylic acids is 2. The van der Waals surface area contributed by atoms with Gasteiger partial charge < -0.3 is 23.8 Å². The monoisotopic (exact) mass is 408 g/mol. The molecule has 4 rings (SSSR count). The third-order valence-corrected chi connectivity index (χ3v) is 5.45.